The number of amides is 1. The molecule has 1 saturated heterocycles. The van der Waals surface area contributed by atoms with Crippen molar-refractivity contribution in [1.29, 1.82) is 0 Å². The van der Waals surface area contributed by atoms with E-state index in [9.17, 15) is 9.59 Å². The summed E-state index contributed by atoms with van der Waals surface area (Å²) in [6.45, 7) is 1.52. The minimum absolute atomic E-state index is 0.274. The van der Waals surface area contributed by atoms with E-state index in [1.165, 1.54) is 0 Å². The summed E-state index contributed by atoms with van der Waals surface area (Å²) in [7, 11) is 0. The van der Waals surface area contributed by atoms with Crippen molar-refractivity contribution in [3.05, 3.63) is 88.0 Å². The van der Waals surface area contributed by atoms with Crippen molar-refractivity contribution in [3.63, 3.8) is 0 Å². The van der Waals surface area contributed by atoms with Crippen molar-refractivity contribution in [2.75, 3.05) is 23.3 Å². The van der Waals surface area contributed by atoms with Crippen LogP contribution in [-0.2, 0) is 11.2 Å². The standard InChI is InChI=1S/C26H25Cl2N3O2/c27-21-8-4-7-20(15-21)26(33)30-24-16-22(28)17-29-25(24)31-11-9-19(10-12-31)14-23(32)13-18-5-2-1-3-6-18/h1-8,15-17,19H,9-14H2,(H,30,33). The van der Waals surface area contributed by atoms with Gasteiger partial charge in [-0.15, -0.1) is 0 Å². The molecule has 0 spiro atoms. The Labute approximate surface area is 203 Å². The number of benzene rings is 2. The molecule has 2 aromatic carbocycles. The predicted molar refractivity (Wildman–Crippen MR) is 133 cm³/mol. The molecule has 5 nitrogen and oxygen atoms in total. The maximum atomic E-state index is 12.7. The van der Waals surface area contributed by atoms with Crippen LogP contribution in [0.4, 0.5) is 11.5 Å². The average Bonchev–Trinajstić information content (AvgIpc) is 2.80. The normalized spacial score (nSPS) is 14.2. The van der Waals surface area contributed by atoms with Crippen LogP contribution in [0.25, 0.3) is 0 Å². The first kappa shape index (κ1) is 23.3. The van der Waals surface area contributed by atoms with E-state index in [0.717, 1.165) is 31.5 Å². The fraction of sp³-hybridized carbons (Fsp3) is 0.269. The lowest BCUT2D eigenvalue weighted by molar-refractivity contribution is -0.119. The lowest BCUT2D eigenvalue weighted by atomic mass is 9.90. The van der Waals surface area contributed by atoms with E-state index in [1.807, 2.05) is 30.3 Å². The van der Waals surface area contributed by atoms with Crippen LogP contribution in [0, 0.1) is 5.92 Å². The van der Waals surface area contributed by atoms with Gasteiger partial charge in [0.2, 0.25) is 0 Å². The van der Waals surface area contributed by atoms with Crippen LogP contribution < -0.4 is 10.2 Å². The van der Waals surface area contributed by atoms with Crippen LogP contribution in [0.2, 0.25) is 10.0 Å². The first-order valence-corrected chi connectivity index (χ1v) is 11.8. The van der Waals surface area contributed by atoms with E-state index in [-0.39, 0.29) is 11.7 Å². The second-order valence-corrected chi connectivity index (χ2v) is 9.20. The van der Waals surface area contributed by atoms with Crippen LogP contribution in [0.1, 0.15) is 35.2 Å². The Hall–Kier alpha value is -2.89. The van der Waals surface area contributed by atoms with Crippen LogP contribution in [0.15, 0.2) is 66.9 Å². The number of nitrogens with zero attached hydrogens (tertiary/aromatic N) is 2. The van der Waals surface area contributed by atoms with Crippen molar-refractivity contribution in [3.8, 4) is 0 Å². The van der Waals surface area contributed by atoms with Crippen molar-refractivity contribution in [2.24, 2.45) is 5.92 Å². The van der Waals surface area contributed by atoms with E-state index >= 15 is 0 Å². The zero-order valence-corrected chi connectivity index (χ0v) is 19.6. The molecule has 0 aliphatic carbocycles. The minimum atomic E-state index is -0.274. The fourth-order valence-electron chi connectivity index (χ4n) is 4.17. The summed E-state index contributed by atoms with van der Waals surface area (Å²) in [5, 5.41) is 3.86. The minimum Gasteiger partial charge on any atom is -0.355 e. The first-order chi connectivity index (χ1) is 16.0. The van der Waals surface area contributed by atoms with Gasteiger partial charge in [0.25, 0.3) is 5.91 Å². The summed E-state index contributed by atoms with van der Waals surface area (Å²) in [6, 6.07) is 18.4. The summed E-state index contributed by atoms with van der Waals surface area (Å²) in [6.07, 6.45) is 4.45. The van der Waals surface area contributed by atoms with Gasteiger partial charge in [-0.1, -0.05) is 59.6 Å². The number of carbonyl (C=O) groups is 2. The van der Waals surface area contributed by atoms with E-state index in [0.29, 0.717) is 45.9 Å². The number of hydrogen-bond donors (Lipinski definition) is 1. The Kier molecular flexibility index (Phi) is 7.63. The summed E-state index contributed by atoms with van der Waals surface area (Å²) in [4.78, 5) is 31.9. The van der Waals surface area contributed by atoms with Gasteiger partial charge in [0, 0.05) is 42.7 Å². The molecule has 1 amide bonds. The Morgan fingerprint density at radius 2 is 1.73 bits per heavy atom. The predicted octanol–water partition coefficient (Wildman–Crippen LogP) is 6.06. The maximum absolute atomic E-state index is 12.7. The highest BCUT2D eigenvalue weighted by molar-refractivity contribution is 6.31. The molecule has 0 atom stereocenters. The fourth-order valence-corrected chi connectivity index (χ4v) is 4.51. The third-order valence-corrected chi connectivity index (χ3v) is 6.28. The molecule has 2 heterocycles. The molecular formula is C26H25Cl2N3O2. The number of piperidine rings is 1. The second kappa shape index (κ2) is 10.8. The number of rotatable bonds is 7. The molecule has 0 radical (unpaired) electrons. The van der Waals surface area contributed by atoms with Gasteiger partial charge in [0.05, 0.1) is 10.7 Å². The Bertz CT molecular complexity index is 1130. The van der Waals surface area contributed by atoms with E-state index in [4.69, 9.17) is 23.2 Å². The number of anilines is 2. The smallest absolute Gasteiger partial charge is 0.255 e. The molecule has 0 bridgehead atoms. The maximum Gasteiger partial charge on any atom is 0.255 e. The molecule has 170 valence electrons. The molecule has 0 unspecified atom stereocenters. The molecule has 0 saturated carbocycles. The number of halogens is 2. The van der Waals surface area contributed by atoms with Crippen LogP contribution >= 0.6 is 23.2 Å². The van der Waals surface area contributed by atoms with Crippen LogP contribution in [0.5, 0.6) is 0 Å². The molecule has 1 fully saturated rings. The summed E-state index contributed by atoms with van der Waals surface area (Å²) < 4.78 is 0. The zero-order chi connectivity index (χ0) is 23.2. The number of ketones is 1. The largest absolute Gasteiger partial charge is 0.355 e. The number of carbonyl (C=O) groups excluding carboxylic acids is 2. The molecular weight excluding hydrogens is 457 g/mol. The molecule has 3 aromatic rings. The van der Waals surface area contributed by atoms with Crippen molar-refractivity contribution < 1.29 is 9.59 Å². The number of Topliss-reactive ketones (excluding diaryl/α,β-unsaturated/α-hetero) is 1. The van der Waals surface area contributed by atoms with E-state index in [2.05, 4.69) is 15.2 Å². The van der Waals surface area contributed by atoms with Crippen molar-refractivity contribution in [2.45, 2.75) is 25.7 Å². The number of nitrogens with one attached hydrogen (secondary N) is 1. The van der Waals surface area contributed by atoms with Gasteiger partial charge in [-0.2, -0.15) is 0 Å². The third-order valence-electron chi connectivity index (χ3n) is 5.84. The van der Waals surface area contributed by atoms with E-state index in [1.54, 1.807) is 36.5 Å². The van der Waals surface area contributed by atoms with Gasteiger partial charge in [-0.05, 0) is 48.6 Å². The molecule has 33 heavy (non-hydrogen) atoms. The summed E-state index contributed by atoms with van der Waals surface area (Å²) in [5.41, 5.74) is 2.08. The molecule has 4 rings (SSSR count). The Morgan fingerprint density at radius 3 is 2.45 bits per heavy atom. The third kappa shape index (κ3) is 6.34. The molecule has 1 N–H and O–H groups in total. The lowest BCUT2D eigenvalue weighted by Crippen LogP contribution is -2.35. The zero-order valence-electron chi connectivity index (χ0n) is 18.1. The SMILES string of the molecule is O=C(Cc1ccccc1)CC1CCN(c2ncc(Cl)cc2NC(=O)c2cccc(Cl)c2)CC1. The first-order valence-electron chi connectivity index (χ1n) is 11.0. The van der Waals surface area contributed by atoms with Gasteiger partial charge < -0.3 is 10.2 Å². The van der Waals surface area contributed by atoms with Gasteiger partial charge >= 0.3 is 0 Å². The second-order valence-electron chi connectivity index (χ2n) is 8.32. The highest BCUT2D eigenvalue weighted by Gasteiger charge is 2.24. The molecule has 1 aliphatic rings. The summed E-state index contributed by atoms with van der Waals surface area (Å²) in [5.74, 6) is 1.04. The van der Waals surface area contributed by atoms with E-state index < -0.39 is 0 Å². The van der Waals surface area contributed by atoms with Crippen LogP contribution in [0.3, 0.4) is 0 Å². The molecule has 7 heteroatoms. The van der Waals surface area contributed by atoms with Gasteiger partial charge in [0.15, 0.2) is 5.82 Å². The number of aromatic nitrogens is 1. The topological polar surface area (TPSA) is 62.3 Å². The Balaban J connectivity index is 1.38. The Morgan fingerprint density at radius 1 is 0.970 bits per heavy atom. The highest BCUT2D eigenvalue weighted by Crippen LogP contribution is 2.31. The summed E-state index contributed by atoms with van der Waals surface area (Å²) >= 11 is 12.2. The highest BCUT2D eigenvalue weighted by atomic mass is 35.5. The van der Waals surface area contributed by atoms with Gasteiger partial charge in [-0.3, -0.25) is 9.59 Å². The number of pyridine rings is 1. The van der Waals surface area contributed by atoms with Crippen molar-refractivity contribution in [1.82, 2.24) is 4.98 Å². The molecule has 1 aromatic heterocycles. The molecule has 1 aliphatic heterocycles. The quantitative estimate of drug-likeness (QED) is 0.445. The average molecular weight is 482 g/mol. The monoisotopic (exact) mass is 481 g/mol. The van der Waals surface area contributed by atoms with Crippen molar-refractivity contribution >= 4 is 46.4 Å². The van der Waals surface area contributed by atoms with Crippen LogP contribution in [-0.4, -0.2) is 29.8 Å². The van der Waals surface area contributed by atoms with Gasteiger partial charge in [-0.25, -0.2) is 4.98 Å². The lowest BCUT2D eigenvalue weighted by Gasteiger charge is -2.33. The van der Waals surface area contributed by atoms with Gasteiger partial charge in [0.1, 0.15) is 5.78 Å². The number of hydrogen-bond acceptors (Lipinski definition) is 4.